The molecule has 0 fully saturated rings. The number of hydrogen-bond donors (Lipinski definition) is 1. The maximum absolute atomic E-state index is 12.1. The van der Waals surface area contributed by atoms with Crippen LogP contribution >= 0.6 is 27.5 Å². The molecule has 0 aromatic heterocycles. The number of halogens is 2. The Morgan fingerprint density at radius 2 is 1.88 bits per heavy atom. The Kier molecular flexibility index (Phi) is 5.01. The normalized spacial score (nSPS) is 14.0. The van der Waals surface area contributed by atoms with Crippen LogP contribution in [0, 0.1) is 5.92 Å². The molecule has 0 aliphatic heterocycles. The Balaban J connectivity index is 3.06. The molecule has 0 aliphatic rings. The minimum absolute atomic E-state index is 0.106. The van der Waals surface area contributed by atoms with Crippen LogP contribution in [0.4, 0.5) is 0 Å². The van der Waals surface area contributed by atoms with Crippen molar-refractivity contribution in [2.24, 2.45) is 5.92 Å². The van der Waals surface area contributed by atoms with E-state index in [9.17, 15) is 8.42 Å². The van der Waals surface area contributed by atoms with Crippen molar-refractivity contribution in [1.29, 1.82) is 0 Å². The van der Waals surface area contributed by atoms with Gasteiger partial charge in [0.2, 0.25) is 10.0 Å². The van der Waals surface area contributed by atoms with Gasteiger partial charge in [0.25, 0.3) is 0 Å². The summed E-state index contributed by atoms with van der Waals surface area (Å²) in [4.78, 5) is 0.106. The van der Waals surface area contributed by atoms with Gasteiger partial charge in [-0.1, -0.05) is 41.4 Å². The first kappa shape index (κ1) is 15.0. The summed E-state index contributed by atoms with van der Waals surface area (Å²) in [6.07, 6.45) is 0. The van der Waals surface area contributed by atoms with Crippen molar-refractivity contribution < 1.29 is 8.42 Å². The monoisotopic (exact) mass is 339 g/mol. The topological polar surface area (TPSA) is 46.2 Å². The SMILES string of the molecule is CC(C)[C@@H](C)NS(=O)(=O)c1ccc(Br)cc1Cl. The maximum atomic E-state index is 12.1. The summed E-state index contributed by atoms with van der Waals surface area (Å²) >= 11 is 9.17. The molecule has 3 nitrogen and oxygen atoms in total. The van der Waals surface area contributed by atoms with Gasteiger partial charge in [0.1, 0.15) is 4.90 Å². The molecule has 1 rings (SSSR count). The lowest BCUT2D eigenvalue weighted by Crippen LogP contribution is -2.36. The zero-order valence-corrected chi connectivity index (χ0v) is 13.0. The summed E-state index contributed by atoms with van der Waals surface area (Å²) in [6, 6.07) is 4.57. The van der Waals surface area contributed by atoms with Gasteiger partial charge >= 0.3 is 0 Å². The third kappa shape index (κ3) is 3.95. The summed E-state index contributed by atoms with van der Waals surface area (Å²) in [5.41, 5.74) is 0. The molecule has 1 aromatic rings. The second kappa shape index (κ2) is 5.69. The minimum atomic E-state index is -3.55. The summed E-state index contributed by atoms with van der Waals surface area (Å²) in [6.45, 7) is 5.74. The molecule has 6 heteroatoms. The van der Waals surface area contributed by atoms with E-state index in [-0.39, 0.29) is 21.9 Å². The Morgan fingerprint density at radius 1 is 1.29 bits per heavy atom. The Labute approximate surface area is 116 Å². The van der Waals surface area contributed by atoms with E-state index in [1.165, 1.54) is 6.07 Å². The summed E-state index contributed by atoms with van der Waals surface area (Å²) in [7, 11) is -3.55. The molecule has 17 heavy (non-hydrogen) atoms. The van der Waals surface area contributed by atoms with Gasteiger partial charge in [-0.15, -0.1) is 0 Å². The second-order valence-electron chi connectivity index (χ2n) is 4.23. The Bertz CT molecular complexity index is 502. The molecule has 96 valence electrons. The Morgan fingerprint density at radius 3 is 2.35 bits per heavy atom. The molecule has 0 heterocycles. The van der Waals surface area contributed by atoms with Crippen LogP contribution in [0.25, 0.3) is 0 Å². The highest BCUT2D eigenvalue weighted by molar-refractivity contribution is 9.10. The van der Waals surface area contributed by atoms with Crippen LogP contribution in [0.5, 0.6) is 0 Å². The lowest BCUT2D eigenvalue weighted by atomic mass is 10.1. The average Bonchev–Trinajstić information content (AvgIpc) is 2.15. The number of hydrogen-bond acceptors (Lipinski definition) is 2. The average molecular weight is 341 g/mol. The lowest BCUT2D eigenvalue weighted by molar-refractivity contribution is 0.476. The maximum Gasteiger partial charge on any atom is 0.242 e. The molecule has 0 aliphatic carbocycles. The first-order valence-electron chi connectivity index (χ1n) is 5.21. The first-order valence-corrected chi connectivity index (χ1v) is 7.87. The van der Waals surface area contributed by atoms with Crippen LogP contribution in [0.1, 0.15) is 20.8 Å². The van der Waals surface area contributed by atoms with Crippen molar-refractivity contribution >= 4 is 37.6 Å². The van der Waals surface area contributed by atoms with Gasteiger partial charge in [-0.2, -0.15) is 0 Å². The largest absolute Gasteiger partial charge is 0.242 e. The van der Waals surface area contributed by atoms with E-state index in [1.54, 1.807) is 12.1 Å². The quantitative estimate of drug-likeness (QED) is 0.913. The molecule has 0 radical (unpaired) electrons. The van der Waals surface area contributed by atoms with Gasteiger partial charge < -0.3 is 0 Å². The third-order valence-electron chi connectivity index (χ3n) is 2.52. The summed E-state index contributed by atoms with van der Waals surface area (Å²) < 4.78 is 27.5. The van der Waals surface area contributed by atoms with E-state index in [1.807, 2.05) is 20.8 Å². The third-order valence-corrected chi connectivity index (χ3v) is 5.06. The molecule has 0 amide bonds. The van der Waals surface area contributed by atoms with Crippen LogP contribution in [-0.4, -0.2) is 14.5 Å². The minimum Gasteiger partial charge on any atom is -0.208 e. The predicted molar refractivity (Wildman–Crippen MR) is 73.8 cm³/mol. The zero-order valence-electron chi connectivity index (χ0n) is 9.87. The van der Waals surface area contributed by atoms with Gasteiger partial charge in [-0.25, -0.2) is 13.1 Å². The van der Waals surface area contributed by atoms with Crippen molar-refractivity contribution in [3.8, 4) is 0 Å². The molecule has 0 spiro atoms. The zero-order chi connectivity index (χ0) is 13.2. The van der Waals surface area contributed by atoms with Gasteiger partial charge in [-0.05, 0) is 31.0 Å². The number of sulfonamides is 1. The molecule has 1 N–H and O–H groups in total. The van der Waals surface area contributed by atoms with Crippen LogP contribution in [0.3, 0.4) is 0 Å². The van der Waals surface area contributed by atoms with Gasteiger partial charge in [-0.3, -0.25) is 0 Å². The van der Waals surface area contributed by atoms with E-state index in [0.717, 1.165) is 4.47 Å². The smallest absolute Gasteiger partial charge is 0.208 e. The van der Waals surface area contributed by atoms with Crippen molar-refractivity contribution in [3.63, 3.8) is 0 Å². The fourth-order valence-corrected chi connectivity index (χ4v) is 3.57. The van der Waals surface area contributed by atoms with Crippen molar-refractivity contribution in [1.82, 2.24) is 4.72 Å². The van der Waals surface area contributed by atoms with Crippen LogP contribution in [-0.2, 0) is 10.0 Å². The van der Waals surface area contributed by atoms with E-state index in [0.29, 0.717) is 0 Å². The second-order valence-corrected chi connectivity index (χ2v) is 7.23. The molecule has 0 unspecified atom stereocenters. The molecule has 0 saturated heterocycles. The van der Waals surface area contributed by atoms with E-state index >= 15 is 0 Å². The molecular formula is C11H15BrClNO2S. The van der Waals surface area contributed by atoms with E-state index in [4.69, 9.17) is 11.6 Å². The van der Waals surface area contributed by atoms with Crippen molar-refractivity contribution in [2.45, 2.75) is 31.7 Å². The highest BCUT2D eigenvalue weighted by Gasteiger charge is 2.21. The highest BCUT2D eigenvalue weighted by atomic mass is 79.9. The number of rotatable bonds is 4. The Hall–Kier alpha value is -0.100. The van der Waals surface area contributed by atoms with Crippen molar-refractivity contribution in [3.05, 3.63) is 27.7 Å². The van der Waals surface area contributed by atoms with E-state index in [2.05, 4.69) is 20.7 Å². The number of benzene rings is 1. The molecule has 1 atom stereocenters. The lowest BCUT2D eigenvalue weighted by Gasteiger charge is -2.18. The first-order chi connectivity index (χ1) is 7.74. The van der Waals surface area contributed by atoms with Crippen LogP contribution in [0.15, 0.2) is 27.6 Å². The standard InChI is InChI=1S/C11H15BrClNO2S/c1-7(2)8(3)14-17(15,16)11-5-4-9(12)6-10(11)13/h4-8,14H,1-3H3/t8-/m1/s1. The fourth-order valence-electron chi connectivity index (χ4n) is 1.14. The highest BCUT2D eigenvalue weighted by Crippen LogP contribution is 2.25. The van der Waals surface area contributed by atoms with Gasteiger partial charge in [0.05, 0.1) is 5.02 Å². The van der Waals surface area contributed by atoms with Crippen LogP contribution in [0.2, 0.25) is 5.02 Å². The molecule has 0 bridgehead atoms. The van der Waals surface area contributed by atoms with Crippen LogP contribution < -0.4 is 4.72 Å². The van der Waals surface area contributed by atoms with Gasteiger partial charge in [0, 0.05) is 10.5 Å². The summed E-state index contributed by atoms with van der Waals surface area (Å²) in [5.74, 6) is 0.221. The van der Waals surface area contributed by atoms with Crippen molar-refractivity contribution in [2.75, 3.05) is 0 Å². The van der Waals surface area contributed by atoms with Gasteiger partial charge in [0.15, 0.2) is 0 Å². The molecule has 0 saturated carbocycles. The number of nitrogens with one attached hydrogen (secondary N) is 1. The van der Waals surface area contributed by atoms with E-state index < -0.39 is 10.0 Å². The fraction of sp³-hybridized carbons (Fsp3) is 0.455. The predicted octanol–water partition coefficient (Wildman–Crippen LogP) is 3.43. The molecular weight excluding hydrogens is 326 g/mol. The summed E-state index contributed by atoms with van der Waals surface area (Å²) in [5, 5.41) is 0.211. The molecule has 1 aromatic carbocycles.